The third-order valence-corrected chi connectivity index (χ3v) is 5.36. The zero-order valence-corrected chi connectivity index (χ0v) is 17.6. The SMILES string of the molecule is CCn1c(=O)c2[nH]c(C=Cc3ccc(OC4CCOCC4)c(F)c3)nc2n(CC)c1=O. The summed E-state index contributed by atoms with van der Waals surface area (Å²) in [5, 5.41) is 0. The third kappa shape index (κ3) is 4.18. The van der Waals surface area contributed by atoms with Crippen LogP contribution in [0.3, 0.4) is 0 Å². The summed E-state index contributed by atoms with van der Waals surface area (Å²) in [5.74, 6) is 0.189. The van der Waals surface area contributed by atoms with Gasteiger partial charge in [0.05, 0.1) is 13.2 Å². The number of nitrogens with zero attached hydrogens (tertiary/aromatic N) is 3. The van der Waals surface area contributed by atoms with Crippen LogP contribution in [0.4, 0.5) is 4.39 Å². The number of imidazole rings is 1. The average Bonchev–Trinajstić information content (AvgIpc) is 3.20. The smallest absolute Gasteiger partial charge is 0.332 e. The van der Waals surface area contributed by atoms with Crippen molar-refractivity contribution in [2.75, 3.05) is 13.2 Å². The number of rotatable bonds is 6. The van der Waals surface area contributed by atoms with Crippen molar-refractivity contribution in [1.82, 2.24) is 19.1 Å². The third-order valence-electron chi connectivity index (χ3n) is 5.36. The highest BCUT2D eigenvalue weighted by Gasteiger charge is 2.17. The van der Waals surface area contributed by atoms with Crippen LogP contribution in [-0.4, -0.2) is 38.4 Å². The maximum absolute atomic E-state index is 14.5. The molecule has 31 heavy (non-hydrogen) atoms. The van der Waals surface area contributed by atoms with Crippen molar-refractivity contribution in [3.05, 3.63) is 56.2 Å². The van der Waals surface area contributed by atoms with Crippen LogP contribution in [0.1, 0.15) is 38.1 Å². The molecule has 0 bridgehead atoms. The summed E-state index contributed by atoms with van der Waals surface area (Å²) in [6.45, 7) is 5.49. The largest absolute Gasteiger partial charge is 0.487 e. The average molecular weight is 428 g/mol. The first kappa shape index (κ1) is 21.0. The van der Waals surface area contributed by atoms with Crippen molar-refractivity contribution in [2.24, 2.45) is 0 Å². The predicted octanol–water partition coefficient (Wildman–Crippen LogP) is 2.79. The quantitative estimate of drug-likeness (QED) is 0.652. The highest BCUT2D eigenvalue weighted by molar-refractivity contribution is 5.75. The molecule has 0 amide bonds. The molecule has 1 aliphatic rings. The van der Waals surface area contributed by atoms with Crippen molar-refractivity contribution >= 4 is 23.3 Å². The lowest BCUT2D eigenvalue weighted by molar-refractivity contribution is 0.0240. The fourth-order valence-electron chi connectivity index (χ4n) is 3.69. The van der Waals surface area contributed by atoms with E-state index in [2.05, 4.69) is 9.97 Å². The molecule has 164 valence electrons. The molecule has 0 radical (unpaired) electrons. The summed E-state index contributed by atoms with van der Waals surface area (Å²) in [7, 11) is 0. The lowest BCUT2D eigenvalue weighted by Gasteiger charge is -2.23. The van der Waals surface area contributed by atoms with E-state index >= 15 is 0 Å². The topological polar surface area (TPSA) is 91.1 Å². The van der Waals surface area contributed by atoms with Gasteiger partial charge in [0.25, 0.3) is 5.56 Å². The molecule has 3 aromatic rings. The molecule has 0 spiro atoms. The molecular formula is C22H25FN4O4. The summed E-state index contributed by atoms with van der Waals surface area (Å²) < 4.78 is 28.1. The van der Waals surface area contributed by atoms with Crippen LogP contribution in [0.5, 0.6) is 5.75 Å². The first-order chi connectivity index (χ1) is 15.0. The number of ether oxygens (including phenoxy) is 2. The fraction of sp³-hybridized carbons (Fsp3) is 0.409. The van der Waals surface area contributed by atoms with E-state index in [0.717, 1.165) is 12.8 Å². The van der Waals surface area contributed by atoms with Crippen LogP contribution >= 0.6 is 0 Å². The van der Waals surface area contributed by atoms with E-state index in [1.807, 2.05) is 6.92 Å². The first-order valence-electron chi connectivity index (χ1n) is 10.5. The first-order valence-corrected chi connectivity index (χ1v) is 10.5. The highest BCUT2D eigenvalue weighted by Crippen LogP contribution is 2.23. The molecule has 0 aliphatic carbocycles. The number of aromatic nitrogens is 4. The Hall–Kier alpha value is -3.20. The molecule has 9 heteroatoms. The number of benzene rings is 1. The number of nitrogens with one attached hydrogen (secondary N) is 1. The second-order valence-electron chi connectivity index (χ2n) is 7.35. The molecule has 4 rings (SSSR count). The van der Waals surface area contributed by atoms with Gasteiger partial charge in [0.2, 0.25) is 0 Å². The van der Waals surface area contributed by atoms with E-state index in [-0.39, 0.29) is 29.6 Å². The Morgan fingerprint density at radius 1 is 1.19 bits per heavy atom. The Kier molecular flexibility index (Phi) is 6.03. The van der Waals surface area contributed by atoms with Crippen LogP contribution in [0.2, 0.25) is 0 Å². The van der Waals surface area contributed by atoms with Gasteiger partial charge in [-0.3, -0.25) is 13.9 Å². The Labute approximate surface area is 177 Å². The van der Waals surface area contributed by atoms with E-state index in [0.29, 0.717) is 36.8 Å². The van der Waals surface area contributed by atoms with E-state index in [9.17, 15) is 14.0 Å². The minimum absolute atomic E-state index is 0.0384. The van der Waals surface area contributed by atoms with Crippen molar-refractivity contribution in [1.29, 1.82) is 0 Å². The van der Waals surface area contributed by atoms with Crippen LogP contribution in [0.15, 0.2) is 27.8 Å². The van der Waals surface area contributed by atoms with Gasteiger partial charge in [-0.1, -0.05) is 12.1 Å². The van der Waals surface area contributed by atoms with Gasteiger partial charge in [-0.2, -0.15) is 0 Å². The monoisotopic (exact) mass is 428 g/mol. The van der Waals surface area contributed by atoms with Crippen LogP contribution in [0, 0.1) is 5.82 Å². The molecule has 1 aromatic carbocycles. The number of hydrogen-bond donors (Lipinski definition) is 1. The van der Waals surface area contributed by atoms with Gasteiger partial charge in [0, 0.05) is 25.9 Å². The molecule has 1 aliphatic heterocycles. The Balaban J connectivity index is 1.59. The van der Waals surface area contributed by atoms with Crippen molar-refractivity contribution < 1.29 is 13.9 Å². The van der Waals surface area contributed by atoms with Gasteiger partial charge >= 0.3 is 5.69 Å². The van der Waals surface area contributed by atoms with Crippen LogP contribution in [-0.2, 0) is 17.8 Å². The van der Waals surface area contributed by atoms with Gasteiger partial charge in [0.15, 0.2) is 17.2 Å². The number of hydrogen-bond acceptors (Lipinski definition) is 5. The van der Waals surface area contributed by atoms with E-state index < -0.39 is 11.4 Å². The number of aryl methyl sites for hydroxylation is 1. The molecule has 1 fully saturated rings. The molecule has 1 N–H and O–H groups in total. The molecule has 0 atom stereocenters. The van der Waals surface area contributed by atoms with E-state index in [1.165, 1.54) is 15.2 Å². The van der Waals surface area contributed by atoms with E-state index in [1.54, 1.807) is 31.2 Å². The molecule has 3 heterocycles. The van der Waals surface area contributed by atoms with Crippen molar-refractivity contribution in [3.63, 3.8) is 0 Å². The normalized spacial score (nSPS) is 15.2. The number of halogens is 1. The number of aromatic amines is 1. The van der Waals surface area contributed by atoms with Crippen molar-refractivity contribution in [3.8, 4) is 5.75 Å². The Morgan fingerprint density at radius 2 is 1.94 bits per heavy atom. The molecule has 0 saturated carbocycles. The number of fused-ring (bicyclic) bond motifs is 1. The second-order valence-corrected chi connectivity index (χ2v) is 7.35. The molecule has 1 saturated heterocycles. The zero-order chi connectivity index (χ0) is 22.0. The molecular weight excluding hydrogens is 403 g/mol. The maximum Gasteiger partial charge on any atom is 0.332 e. The Morgan fingerprint density at radius 3 is 2.61 bits per heavy atom. The lowest BCUT2D eigenvalue weighted by Crippen LogP contribution is -2.39. The van der Waals surface area contributed by atoms with Gasteiger partial charge < -0.3 is 14.5 Å². The summed E-state index contributed by atoms with van der Waals surface area (Å²) in [6, 6.07) is 4.75. The summed E-state index contributed by atoms with van der Waals surface area (Å²) in [4.78, 5) is 32.4. The minimum atomic E-state index is -0.441. The molecule has 8 nitrogen and oxygen atoms in total. The highest BCUT2D eigenvalue weighted by atomic mass is 19.1. The minimum Gasteiger partial charge on any atom is -0.487 e. The van der Waals surface area contributed by atoms with E-state index in [4.69, 9.17) is 9.47 Å². The van der Waals surface area contributed by atoms with Gasteiger partial charge in [0.1, 0.15) is 17.4 Å². The van der Waals surface area contributed by atoms with Crippen LogP contribution in [0.25, 0.3) is 23.3 Å². The van der Waals surface area contributed by atoms with Crippen molar-refractivity contribution in [2.45, 2.75) is 45.9 Å². The zero-order valence-electron chi connectivity index (χ0n) is 17.6. The summed E-state index contributed by atoms with van der Waals surface area (Å²) >= 11 is 0. The summed E-state index contributed by atoms with van der Waals surface area (Å²) in [5.41, 5.74) is 0.422. The Bertz CT molecular complexity index is 1230. The standard InChI is InChI=1S/C22H25FN4O4/c1-3-26-20-19(21(28)27(4-2)22(26)29)24-18(25-20)8-6-14-5-7-17(16(23)13-14)31-15-9-11-30-12-10-15/h5-8,13,15H,3-4,9-12H2,1-2H3,(H,24,25). The lowest BCUT2D eigenvalue weighted by atomic mass is 10.1. The maximum atomic E-state index is 14.5. The second kappa shape index (κ2) is 8.89. The molecule has 2 aromatic heterocycles. The van der Waals surface area contributed by atoms with Gasteiger partial charge in [-0.25, -0.2) is 14.2 Å². The van der Waals surface area contributed by atoms with Gasteiger partial charge in [-0.05, 0) is 37.6 Å². The predicted molar refractivity (Wildman–Crippen MR) is 116 cm³/mol. The fourth-order valence-corrected chi connectivity index (χ4v) is 3.69. The number of H-pyrrole nitrogens is 1. The van der Waals surface area contributed by atoms with Gasteiger partial charge in [-0.15, -0.1) is 0 Å². The summed E-state index contributed by atoms with van der Waals surface area (Å²) in [6.07, 6.45) is 4.79. The molecule has 0 unspecified atom stereocenters. The van der Waals surface area contributed by atoms with Crippen LogP contribution < -0.4 is 16.0 Å².